The maximum absolute atomic E-state index is 4.98. The third kappa shape index (κ3) is 3.23. The van der Waals surface area contributed by atoms with Crippen molar-refractivity contribution in [3.8, 4) is 17.1 Å². The molecule has 2 aromatic heterocycles. The SMILES string of the molecule is CN1CN(c2cccc(-n3c4ccccc4c4ccc(-c5nc6ccccc6n5C)cc43)c2)c2ccccc21. The molecule has 0 aliphatic carbocycles. The zero-order chi connectivity index (χ0) is 26.1. The van der Waals surface area contributed by atoms with Crippen molar-refractivity contribution in [2.24, 2.45) is 7.05 Å². The van der Waals surface area contributed by atoms with E-state index >= 15 is 0 Å². The summed E-state index contributed by atoms with van der Waals surface area (Å²) in [5.74, 6) is 0.973. The van der Waals surface area contributed by atoms with Gasteiger partial charge in [-0.15, -0.1) is 0 Å². The van der Waals surface area contributed by atoms with Crippen molar-refractivity contribution in [2.45, 2.75) is 0 Å². The number of rotatable bonds is 3. The molecule has 0 unspecified atom stereocenters. The lowest BCUT2D eigenvalue weighted by Gasteiger charge is -2.21. The van der Waals surface area contributed by atoms with Crippen molar-refractivity contribution in [1.82, 2.24) is 14.1 Å². The first-order valence-electron chi connectivity index (χ1n) is 13.3. The molecule has 5 aromatic carbocycles. The van der Waals surface area contributed by atoms with Gasteiger partial charge in [-0.2, -0.15) is 0 Å². The second-order valence-corrected chi connectivity index (χ2v) is 10.3. The van der Waals surface area contributed by atoms with E-state index in [0.717, 1.165) is 34.8 Å². The highest BCUT2D eigenvalue weighted by Crippen LogP contribution is 2.41. The van der Waals surface area contributed by atoms with E-state index in [1.165, 1.54) is 38.9 Å². The number of aromatic nitrogens is 3. The molecule has 0 atom stereocenters. The summed E-state index contributed by atoms with van der Waals surface area (Å²) in [5, 5.41) is 2.49. The van der Waals surface area contributed by atoms with Gasteiger partial charge in [-0.05, 0) is 54.6 Å². The Kier molecular flexibility index (Phi) is 4.65. The van der Waals surface area contributed by atoms with Gasteiger partial charge in [0.2, 0.25) is 0 Å². The normalized spacial score (nSPS) is 13.2. The molecule has 0 spiro atoms. The Hall–Kier alpha value is -5.03. The van der Waals surface area contributed by atoms with E-state index in [-0.39, 0.29) is 0 Å². The van der Waals surface area contributed by atoms with E-state index in [9.17, 15) is 0 Å². The van der Waals surface area contributed by atoms with Crippen molar-refractivity contribution in [2.75, 3.05) is 23.5 Å². The number of hydrogen-bond donors (Lipinski definition) is 0. The Bertz CT molecular complexity index is 2050. The van der Waals surface area contributed by atoms with Gasteiger partial charge in [-0.3, -0.25) is 0 Å². The van der Waals surface area contributed by atoms with Gasteiger partial charge in [0.1, 0.15) is 5.82 Å². The molecule has 0 N–H and O–H groups in total. The van der Waals surface area contributed by atoms with Crippen molar-refractivity contribution in [3.05, 3.63) is 115 Å². The highest BCUT2D eigenvalue weighted by Gasteiger charge is 2.24. The molecule has 1 aliphatic rings. The minimum absolute atomic E-state index is 0.826. The molecule has 0 saturated carbocycles. The van der Waals surface area contributed by atoms with E-state index in [1.807, 2.05) is 6.07 Å². The lowest BCUT2D eigenvalue weighted by molar-refractivity contribution is 0.948. The van der Waals surface area contributed by atoms with Gasteiger partial charge in [-0.25, -0.2) is 4.98 Å². The summed E-state index contributed by atoms with van der Waals surface area (Å²) in [6.07, 6.45) is 0. The van der Waals surface area contributed by atoms with Crippen LogP contribution < -0.4 is 9.80 Å². The molecule has 8 rings (SSSR count). The number of para-hydroxylation sites is 5. The second-order valence-electron chi connectivity index (χ2n) is 10.3. The van der Waals surface area contributed by atoms with Gasteiger partial charge in [-0.1, -0.05) is 60.7 Å². The number of aryl methyl sites for hydroxylation is 1. The van der Waals surface area contributed by atoms with Crippen LogP contribution >= 0.6 is 0 Å². The van der Waals surface area contributed by atoms with Crippen LogP contribution in [0.2, 0.25) is 0 Å². The molecule has 5 heteroatoms. The van der Waals surface area contributed by atoms with Crippen LogP contribution in [-0.2, 0) is 7.05 Å². The fourth-order valence-corrected chi connectivity index (χ4v) is 6.19. The van der Waals surface area contributed by atoms with Crippen LogP contribution in [0.25, 0.3) is 49.9 Å². The summed E-state index contributed by atoms with van der Waals surface area (Å²) < 4.78 is 4.58. The molecule has 5 nitrogen and oxygen atoms in total. The Morgan fingerprint density at radius 3 is 2.18 bits per heavy atom. The van der Waals surface area contributed by atoms with Crippen molar-refractivity contribution in [3.63, 3.8) is 0 Å². The highest BCUT2D eigenvalue weighted by atomic mass is 15.4. The molecule has 7 aromatic rings. The number of nitrogens with zero attached hydrogens (tertiary/aromatic N) is 5. The third-order valence-electron chi connectivity index (χ3n) is 8.06. The molecule has 0 saturated heterocycles. The molecule has 188 valence electrons. The highest BCUT2D eigenvalue weighted by molar-refractivity contribution is 6.10. The summed E-state index contributed by atoms with van der Waals surface area (Å²) in [5.41, 5.74) is 10.5. The van der Waals surface area contributed by atoms with Crippen LogP contribution in [0.15, 0.2) is 115 Å². The molecule has 0 fully saturated rings. The number of imidazole rings is 1. The zero-order valence-corrected chi connectivity index (χ0v) is 21.9. The summed E-state index contributed by atoms with van der Waals surface area (Å²) in [6, 6.07) is 41.3. The van der Waals surface area contributed by atoms with Gasteiger partial charge < -0.3 is 18.9 Å². The summed E-state index contributed by atoms with van der Waals surface area (Å²) >= 11 is 0. The molecule has 3 heterocycles. The summed E-state index contributed by atoms with van der Waals surface area (Å²) in [4.78, 5) is 9.67. The number of fused-ring (bicyclic) bond motifs is 5. The monoisotopic (exact) mass is 505 g/mol. The van der Waals surface area contributed by atoms with Gasteiger partial charge in [0, 0.05) is 41.8 Å². The van der Waals surface area contributed by atoms with Crippen LogP contribution in [0.4, 0.5) is 17.1 Å². The van der Waals surface area contributed by atoms with Gasteiger partial charge in [0.25, 0.3) is 0 Å². The Morgan fingerprint density at radius 1 is 0.590 bits per heavy atom. The third-order valence-corrected chi connectivity index (χ3v) is 8.06. The van der Waals surface area contributed by atoms with Crippen LogP contribution in [-0.4, -0.2) is 27.8 Å². The minimum atomic E-state index is 0.826. The van der Waals surface area contributed by atoms with E-state index in [0.29, 0.717) is 0 Å². The number of anilines is 3. The van der Waals surface area contributed by atoms with Crippen molar-refractivity contribution >= 4 is 49.9 Å². The lowest BCUT2D eigenvalue weighted by atomic mass is 10.1. The maximum Gasteiger partial charge on any atom is 0.140 e. The molecule has 0 amide bonds. The first-order valence-corrected chi connectivity index (χ1v) is 13.3. The first kappa shape index (κ1) is 22.0. The van der Waals surface area contributed by atoms with Crippen LogP contribution in [0, 0.1) is 0 Å². The Morgan fingerprint density at radius 2 is 1.31 bits per heavy atom. The van der Waals surface area contributed by atoms with Crippen molar-refractivity contribution < 1.29 is 0 Å². The molecular formula is C34H27N5. The smallest absolute Gasteiger partial charge is 0.140 e. The molecule has 0 bridgehead atoms. The predicted octanol–water partition coefficient (Wildman–Crippen LogP) is 7.88. The average Bonchev–Trinajstić information content (AvgIpc) is 3.62. The van der Waals surface area contributed by atoms with Gasteiger partial charge >= 0.3 is 0 Å². The Labute approximate surface area is 226 Å². The lowest BCUT2D eigenvalue weighted by Crippen LogP contribution is -2.24. The van der Waals surface area contributed by atoms with Gasteiger partial charge in [0.05, 0.1) is 40.1 Å². The molecule has 1 aliphatic heterocycles. The Balaban J connectivity index is 1.34. The van der Waals surface area contributed by atoms with E-state index in [2.05, 4.69) is 142 Å². The topological polar surface area (TPSA) is 29.2 Å². The predicted molar refractivity (Wildman–Crippen MR) is 162 cm³/mol. The molecule has 0 radical (unpaired) electrons. The first-order chi connectivity index (χ1) is 19.2. The fourth-order valence-electron chi connectivity index (χ4n) is 6.19. The largest absolute Gasteiger partial charge is 0.355 e. The fraction of sp³-hybridized carbons (Fsp3) is 0.0882. The number of hydrogen-bond acceptors (Lipinski definition) is 3. The zero-order valence-electron chi connectivity index (χ0n) is 21.9. The summed E-state index contributed by atoms with van der Waals surface area (Å²) in [6.45, 7) is 0.826. The maximum atomic E-state index is 4.98. The van der Waals surface area contributed by atoms with Crippen LogP contribution in [0.3, 0.4) is 0 Å². The van der Waals surface area contributed by atoms with E-state index < -0.39 is 0 Å². The molecular weight excluding hydrogens is 478 g/mol. The van der Waals surface area contributed by atoms with Crippen molar-refractivity contribution in [1.29, 1.82) is 0 Å². The van der Waals surface area contributed by atoms with E-state index in [1.54, 1.807) is 0 Å². The van der Waals surface area contributed by atoms with E-state index in [4.69, 9.17) is 4.98 Å². The quantitative estimate of drug-likeness (QED) is 0.245. The summed E-state index contributed by atoms with van der Waals surface area (Å²) in [7, 11) is 4.25. The number of benzene rings is 5. The average molecular weight is 506 g/mol. The molecule has 39 heavy (non-hydrogen) atoms. The van der Waals surface area contributed by atoms with Gasteiger partial charge in [0.15, 0.2) is 0 Å². The standard InChI is InChI=1S/C34H27N5/c1-36-22-38(32-17-8-7-16-31(32)36)24-10-9-11-25(21-24)39-29-14-5-3-12-26(29)27-19-18-23(20-33(27)39)34-35-28-13-4-6-15-30(28)37(34)2/h3-21H,22H2,1-2H3. The second kappa shape index (κ2) is 8.23. The van der Waals surface area contributed by atoms with Crippen LogP contribution in [0.1, 0.15) is 0 Å². The minimum Gasteiger partial charge on any atom is -0.355 e. The van der Waals surface area contributed by atoms with Crippen LogP contribution in [0.5, 0.6) is 0 Å².